The maximum atomic E-state index is 5.70. The second-order valence-corrected chi connectivity index (χ2v) is 4.34. The summed E-state index contributed by atoms with van der Waals surface area (Å²) in [6.07, 6.45) is 0. The summed E-state index contributed by atoms with van der Waals surface area (Å²) in [6, 6.07) is 5.82. The molecular weight excluding hydrogens is 258 g/mol. The Balaban J connectivity index is 3.11. The third kappa shape index (κ3) is 2.51. The molecule has 1 aromatic carbocycles. The van der Waals surface area contributed by atoms with Gasteiger partial charge >= 0.3 is 0 Å². The van der Waals surface area contributed by atoms with Crippen molar-refractivity contribution in [3.05, 3.63) is 28.2 Å². The lowest BCUT2D eigenvalue weighted by Gasteiger charge is -2.27. The SMILES string of the molecule is COc1ccc(C(C)(CN)OC)cc1Br. The summed E-state index contributed by atoms with van der Waals surface area (Å²) in [7, 11) is 3.29. The Bertz CT molecular complexity index is 337. The maximum Gasteiger partial charge on any atom is 0.133 e. The molecule has 1 atom stereocenters. The number of rotatable bonds is 4. The van der Waals surface area contributed by atoms with Crippen LogP contribution in [-0.4, -0.2) is 20.8 Å². The van der Waals surface area contributed by atoms with Crippen LogP contribution in [0.2, 0.25) is 0 Å². The van der Waals surface area contributed by atoms with Crippen LogP contribution < -0.4 is 10.5 Å². The molecule has 0 radical (unpaired) electrons. The van der Waals surface area contributed by atoms with E-state index in [2.05, 4.69) is 15.9 Å². The second-order valence-electron chi connectivity index (χ2n) is 3.49. The first-order chi connectivity index (χ1) is 7.07. The van der Waals surface area contributed by atoms with Gasteiger partial charge in [0.1, 0.15) is 11.4 Å². The first-order valence-corrected chi connectivity index (χ1v) is 5.46. The average Bonchev–Trinajstić information content (AvgIpc) is 2.28. The lowest BCUT2D eigenvalue weighted by Crippen LogP contribution is -2.33. The van der Waals surface area contributed by atoms with Crippen molar-refractivity contribution >= 4 is 15.9 Å². The Kier molecular flexibility index (Phi) is 4.13. The molecular formula is C11H16BrNO2. The van der Waals surface area contributed by atoms with E-state index >= 15 is 0 Å². The summed E-state index contributed by atoms with van der Waals surface area (Å²) in [5, 5.41) is 0. The van der Waals surface area contributed by atoms with E-state index < -0.39 is 5.60 Å². The van der Waals surface area contributed by atoms with Crippen LogP contribution in [0.15, 0.2) is 22.7 Å². The topological polar surface area (TPSA) is 44.5 Å². The first-order valence-electron chi connectivity index (χ1n) is 4.66. The van der Waals surface area contributed by atoms with Crippen LogP contribution in [0.3, 0.4) is 0 Å². The van der Waals surface area contributed by atoms with E-state index in [9.17, 15) is 0 Å². The predicted molar refractivity (Wildman–Crippen MR) is 64.1 cm³/mol. The van der Waals surface area contributed by atoms with E-state index in [-0.39, 0.29) is 0 Å². The number of hydrogen-bond donors (Lipinski definition) is 1. The van der Waals surface area contributed by atoms with Crippen LogP contribution in [0.25, 0.3) is 0 Å². The Morgan fingerprint density at radius 1 is 1.40 bits per heavy atom. The molecule has 0 bridgehead atoms. The van der Waals surface area contributed by atoms with Crippen LogP contribution in [0.1, 0.15) is 12.5 Å². The van der Waals surface area contributed by atoms with Gasteiger partial charge in [0.05, 0.1) is 11.6 Å². The standard InChI is InChI=1S/C11H16BrNO2/c1-11(7-13,15-3)8-4-5-10(14-2)9(12)6-8/h4-6H,7,13H2,1-3H3. The fourth-order valence-corrected chi connectivity index (χ4v) is 1.86. The van der Waals surface area contributed by atoms with Crippen molar-refractivity contribution in [3.63, 3.8) is 0 Å². The highest BCUT2D eigenvalue weighted by molar-refractivity contribution is 9.10. The minimum atomic E-state index is -0.450. The summed E-state index contributed by atoms with van der Waals surface area (Å²) in [5.74, 6) is 0.800. The molecule has 4 heteroatoms. The van der Waals surface area contributed by atoms with E-state index in [1.54, 1.807) is 14.2 Å². The van der Waals surface area contributed by atoms with Gasteiger partial charge in [-0.2, -0.15) is 0 Å². The van der Waals surface area contributed by atoms with Gasteiger partial charge in [-0.1, -0.05) is 6.07 Å². The van der Waals surface area contributed by atoms with Crippen molar-refractivity contribution in [2.75, 3.05) is 20.8 Å². The summed E-state index contributed by atoms with van der Waals surface area (Å²) >= 11 is 3.44. The quantitative estimate of drug-likeness (QED) is 0.916. The molecule has 0 saturated heterocycles. The maximum absolute atomic E-state index is 5.70. The number of methoxy groups -OCH3 is 2. The molecule has 1 rings (SSSR count). The molecule has 1 aromatic rings. The molecule has 15 heavy (non-hydrogen) atoms. The Morgan fingerprint density at radius 2 is 2.07 bits per heavy atom. The van der Waals surface area contributed by atoms with Gasteiger partial charge in [-0.25, -0.2) is 0 Å². The Morgan fingerprint density at radius 3 is 2.47 bits per heavy atom. The summed E-state index contributed by atoms with van der Waals surface area (Å²) in [4.78, 5) is 0. The molecule has 0 heterocycles. The minimum absolute atomic E-state index is 0.433. The van der Waals surface area contributed by atoms with Gasteiger partial charge in [-0.05, 0) is 40.5 Å². The predicted octanol–water partition coefficient (Wildman–Crippen LogP) is 2.28. The zero-order valence-corrected chi connectivity index (χ0v) is 10.8. The van der Waals surface area contributed by atoms with Gasteiger partial charge < -0.3 is 15.2 Å². The normalized spacial score (nSPS) is 14.7. The summed E-state index contributed by atoms with van der Waals surface area (Å²) in [5.41, 5.74) is 6.28. The Labute approximate surface area is 98.7 Å². The van der Waals surface area contributed by atoms with Crippen LogP contribution >= 0.6 is 15.9 Å². The number of nitrogens with two attached hydrogens (primary N) is 1. The van der Waals surface area contributed by atoms with Crippen LogP contribution in [0.5, 0.6) is 5.75 Å². The summed E-state index contributed by atoms with van der Waals surface area (Å²) < 4.78 is 11.5. The van der Waals surface area contributed by atoms with Crippen molar-refractivity contribution < 1.29 is 9.47 Å². The van der Waals surface area contributed by atoms with E-state index in [1.165, 1.54) is 0 Å². The lowest BCUT2D eigenvalue weighted by molar-refractivity contribution is 0.01000. The third-order valence-electron chi connectivity index (χ3n) is 2.60. The second kappa shape index (κ2) is 4.96. The molecule has 0 aromatic heterocycles. The molecule has 0 amide bonds. The molecule has 0 saturated carbocycles. The van der Waals surface area contributed by atoms with E-state index in [1.807, 2.05) is 25.1 Å². The average molecular weight is 274 g/mol. The van der Waals surface area contributed by atoms with Crippen molar-refractivity contribution in [2.24, 2.45) is 5.73 Å². The monoisotopic (exact) mass is 273 g/mol. The van der Waals surface area contributed by atoms with Crippen LogP contribution in [0.4, 0.5) is 0 Å². The summed E-state index contributed by atoms with van der Waals surface area (Å²) in [6.45, 7) is 2.39. The van der Waals surface area contributed by atoms with Crippen molar-refractivity contribution in [1.82, 2.24) is 0 Å². The lowest BCUT2D eigenvalue weighted by atomic mass is 9.96. The van der Waals surface area contributed by atoms with Crippen molar-refractivity contribution in [2.45, 2.75) is 12.5 Å². The molecule has 2 N–H and O–H groups in total. The Hall–Kier alpha value is -0.580. The van der Waals surface area contributed by atoms with Gasteiger partial charge in [0.15, 0.2) is 0 Å². The molecule has 84 valence electrons. The number of benzene rings is 1. The zero-order chi connectivity index (χ0) is 11.5. The molecule has 3 nitrogen and oxygen atoms in total. The van der Waals surface area contributed by atoms with Gasteiger partial charge in [0.25, 0.3) is 0 Å². The van der Waals surface area contributed by atoms with Crippen molar-refractivity contribution in [1.29, 1.82) is 0 Å². The zero-order valence-electron chi connectivity index (χ0n) is 9.21. The molecule has 1 unspecified atom stereocenters. The molecule has 0 aliphatic rings. The molecule has 0 aliphatic carbocycles. The fraction of sp³-hybridized carbons (Fsp3) is 0.455. The molecule has 0 fully saturated rings. The molecule has 0 aliphatic heterocycles. The largest absolute Gasteiger partial charge is 0.496 e. The number of halogens is 1. The van der Waals surface area contributed by atoms with Crippen molar-refractivity contribution in [3.8, 4) is 5.75 Å². The highest BCUT2D eigenvalue weighted by atomic mass is 79.9. The van der Waals surface area contributed by atoms with Gasteiger partial charge in [0, 0.05) is 13.7 Å². The van der Waals surface area contributed by atoms with Gasteiger partial charge in [-0.15, -0.1) is 0 Å². The highest BCUT2D eigenvalue weighted by Gasteiger charge is 2.24. The van der Waals surface area contributed by atoms with Gasteiger partial charge in [0.2, 0.25) is 0 Å². The smallest absolute Gasteiger partial charge is 0.133 e. The van der Waals surface area contributed by atoms with Crippen LogP contribution in [-0.2, 0) is 10.3 Å². The van der Waals surface area contributed by atoms with E-state index in [0.717, 1.165) is 15.8 Å². The highest BCUT2D eigenvalue weighted by Crippen LogP contribution is 2.31. The third-order valence-corrected chi connectivity index (χ3v) is 3.22. The number of hydrogen-bond acceptors (Lipinski definition) is 3. The molecule has 0 spiro atoms. The van der Waals surface area contributed by atoms with Crippen LogP contribution in [0, 0.1) is 0 Å². The van der Waals surface area contributed by atoms with E-state index in [4.69, 9.17) is 15.2 Å². The minimum Gasteiger partial charge on any atom is -0.496 e. The first kappa shape index (κ1) is 12.5. The fourth-order valence-electron chi connectivity index (χ4n) is 1.31. The van der Waals surface area contributed by atoms with Gasteiger partial charge in [-0.3, -0.25) is 0 Å². The number of ether oxygens (including phenoxy) is 2. The van der Waals surface area contributed by atoms with E-state index in [0.29, 0.717) is 6.54 Å².